The first-order valence-electron chi connectivity index (χ1n) is 10.6. The lowest BCUT2D eigenvalue weighted by atomic mass is 9.84. The van der Waals surface area contributed by atoms with E-state index in [0.29, 0.717) is 11.3 Å². The molecular weight excluding hydrogens is 406 g/mol. The number of benzene rings is 1. The van der Waals surface area contributed by atoms with Gasteiger partial charge >= 0.3 is 0 Å². The molecule has 0 bridgehead atoms. The summed E-state index contributed by atoms with van der Waals surface area (Å²) >= 11 is 0. The van der Waals surface area contributed by atoms with Crippen LogP contribution in [0.2, 0.25) is 0 Å². The fourth-order valence-corrected chi connectivity index (χ4v) is 4.46. The molecule has 1 aromatic carbocycles. The Morgan fingerprint density at radius 1 is 1.25 bits per heavy atom. The summed E-state index contributed by atoms with van der Waals surface area (Å²) in [5, 5.41) is 7.23. The monoisotopic (exact) mass is 429 g/mol. The van der Waals surface area contributed by atoms with Crippen LogP contribution >= 0.6 is 0 Å². The molecule has 1 unspecified atom stereocenters. The maximum atomic E-state index is 12.7. The van der Waals surface area contributed by atoms with Gasteiger partial charge in [-0.15, -0.1) is 0 Å². The molecule has 2 aliphatic rings. The molecule has 2 aromatic heterocycles. The molecule has 0 spiro atoms. The van der Waals surface area contributed by atoms with Crippen molar-refractivity contribution < 1.29 is 14.3 Å². The summed E-state index contributed by atoms with van der Waals surface area (Å²) in [5.41, 5.74) is 6.12. The van der Waals surface area contributed by atoms with Crippen molar-refractivity contribution in [3.8, 4) is 16.9 Å². The number of fused-ring (bicyclic) bond motifs is 2. The van der Waals surface area contributed by atoms with E-state index in [1.165, 1.54) is 5.56 Å². The first-order chi connectivity index (χ1) is 15.5. The summed E-state index contributed by atoms with van der Waals surface area (Å²) in [4.78, 5) is 30.1. The molecule has 0 saturated carbocycles. The van der Waals surface area contributed by atoms with Crippen LogP contribution in [0.15, 0.2) is 48.7 Å². The molecule has 3 heterocycles. The number of pyridine rings is 1. The molecule has 162 valence electrons. The van der Waals surface area contributed by atoms with Gasteiger partial charge in [-0.05, 0) is 48.1 Å². The Morgan fingerprint density at radius 2 is 2.12 bits per heavy atom. The molecule has 32 heavy (non-hydrogen) atoms. The summed E-state index contributed by atoms with van der Waals surface area (Å²) in [7, 11) is 3.63. The highest BCUT2D eigenvalue weighted by atomic mass is 16.5. The number of carbonyl (C=O) groups excluding carboxylic acids is 2. The minimum Gasteiger partial charge on any atom is -0.484 e. The van der Waals surface area contributed by atoms with Crippen LogP contribution in [-0.4, -0.2) is 40.3 Å². The number of hydrogen-bond donors (Lipinski definition) is 1. The van der Waals surface area contributed by atoms with Crippen LogP contribution < -0.4 is 15.0 Å². The predicted octanol–water partition coefficient (Wildman–Crippen LogP) is 2.83. The molecule has 3 aromatic rings. The van der Waals surface area contributed by atoms with E-state index in [4.69, 9.17) is 4.74 Å². The Balaban J connectivity index is 1.47. The molecule has 1 aliphatic carbocycles. The van der Waals surface area contributed by atoms with Crippen molar-refractivity contribution in [1.29, 1.82) is 0 Å². The summed E-state index contributed by atoms with van der Waals surface area (Å²) in [6.45, 7) is 0.198. The third-order valence-corrected chi connectivity index (χ3v) is 6.18. The molecule has 0 saturated heterocycles. The third kappa shape index (κ3) is 3.44. The summed E-state index contributed by atoms with van der Waals surface area (Å²) in [6, 6.07) is 5.86. The second-order valence-corrected chi connectivity index (χ2v) is 8.15. The Morgan fingerprint density at radius 3 is 2.91 bits per heavy atom. The second kappa shape index (κ2) is 7.98. The molecule has 1 atom stereocenters. The Kier molecular flexibility index (Phi) is 4.99. The number of aryl methyl sites for hydroxylation is 1. The molecule has 8 heteroatoms. The van der Waals surface area contributed by atoms with Crippen LogP contribution in [0.1, 0.15) is 40.4 Å². The van der Waals surface area contributed by atoms with Crippen LogP contribution in [-0.2, 0) is 18.3 Å². The number of anilines is 1. The van der Waals surface area contributed by atoms with Gasteiger partial charge in [-0.3, -0.25) is 14.5 Å². The molecule has 1 aliphatic heterocycles. The van der Waals surface area contributed by atoms with Crippen LogP contribution in [0.4, 0.5) is 5.69 Å². The minimum absolute atomic E-state index is 0.0980. The highest BCUT2D eigenvalue weighted by Gasteiger charge is 2.26. The van der Waals surface area contributed by atoms with Crippen molar-refractivity contribution in [2.75, 3.05) is 18.6 Å². The number of amides is 1. The van der Waals surface area contributed by atoms with E-state index in [0.717, 1.165) is 47.4 Å². The highest BCUT2D eigenvalue weighted by Crippen LogP contribution is 2.40. The van der Waals surface area contributed by atoms with Crippen LogP contribution in [0.25, 0.3) is 11.1 Å². The molecule has 8 nitrogen and oxygen atoms in total. The van der Waals surface area contributed by atoms with E-state index in [9.17, 15) is 9.59 Å². The average Bonchev–Trinajstić information content (AvgIpc) is 3.25. The summed E-state index contributed by atoms with van der Waals surface area (Å²) in [5.74, 6) is 2.52. The number of aromatic nitrogens is 3. The van der Waals surface area contributed by atoms with E-state index in [1.54, 1.807) is 29.0 Å². The lowest BCUT2D eigenvalue weighted by Gasteiger charge is -2.29. The third-order valence-electron chi connectivity index (χ3n) is 6.18. The van der Waals surface area contributed by atoms with Gasteiger partial charge in [0.1, 0.15) is 24.0 Å². The van der Waals surface area contributed by atoms with Gasteiger partial charge in [0.25, 0.3) is 5.91 Å². The molecule has 0 fully saturated rings. The van der Waals surface area contributed by atoms with Crippen molar-refractivity contribution in [2.45, 2.75) is 25.3 Å². The zero-order valence-corrected chi connectivity index (χ0v) is 18.0. The summed E-state index contributed by atoms with van der Waals surface area (Å²) < 4.78 is 7.42. The first-order valence-corrected chi connectivity index (χ1v) is 10.6. The first kappa shape index (κ1) is 20.0. The zero-order chi connectivity index (χ0) is 22.2. The van der Waals surface area contributed by atoms with Crippen LogP contribution in [0.5, 0.6) is 5.75 Å². The Labute approximate surface area is 185 Å². The number of nitrogens with one attached hydrogen (secondary N) is 1. The molecule has 0 radical (unpaired) electrons. The van der Waals surface area contributed by atoms with Gasteiger partial charge in [0.2, 0.25) is 0 Å². The normalized spacial score (nSPS) is 17.1. The van der Waals surface area contributed by atoms with Crippen molar-refractivity contribution in [1.82, 2.24) is 20.1 Å². The number of hydrogen-bond acceptors (Lipinski definition) is 6. The lowest BCUT2D eigenvalue weighted by Crippen LogP contribution is -2.31. The lowest BCUT2D eigenvalue weighted by molar-refractivity contribution is 0.0932. The van der Waals surface area contributed by atoms with Crippen LogP contribution in [0.3, 0.4) is 0 Å². The molecule has 1 amide bonds. The Bertz CT molecular complexity index is 1260. The largest absolute Gasteiger partial charge is 0.484 e. The van der Waals surface area contributed by atoms with Gasteiger partial charge in [-0.1, -0.05) is 6.07 Å². The van der Waals surface area contributed by atoms with E-state index >= 15 is 0 Å². The topological polar surface area (TPSA) is 89.3 Å². The van der Waals surface area contributed by atoms with Gasteiger partial charge in [-0.2, -0.15) is 5.10 Å². The van der Waals surface area contributed by atoms with Gasteiger partial charge in [0, 0.05) is 38.2 Å². The van der Waals surface area contributed by atoms with Crippen molar-refractivity contribution in [3.63, 3.8) is 0 Å². The number of carbonyl (C=O) groups is 1. The van der Waals surface area contributed by atoms with Gasteiger partial charge in [0.15, 0.2) is 0 Å². The van der Waals surface area contributed by atoms with Crippen molar-refractivity contribution in [3.05, 3.63) is 65.4 Å². The second-order valence-electron chi connectivity index (χ2n) is 8.15. The maximum absolute atomic E-state index is 12.7. The van der Waals surface area contributed by atoms with Gasteiger partial charge < -0.3 is 15.0 Å². The minimum atomic E-state index is -0.134. The Hall–Kier alpha value is -3.90. The predicted molar refractivity (Wildman–Crippen MR) is 119 cm³/mol. The van der Waals surface area contributed by atoms with E-state index in [-0.39, 0.29) is 18.6 Å². The number of ether oxygens (including phenoxy) is 1. The van der Waals surface area contributed by atoms with E-state index in [2.05, 4.69) is 15.4 Å². The molecular formula is C24H23N5O3. The number of rotatable bonds is 3. The van der Waals surface area contributed by atoms with Gasteiger partial charge in [0.05, 0.1) is 23.5 Å². The smallest absolute Gasteiger partial charge is 0.254 e. The molecule has 1 N–H and O–H groups in total. The number of nitrogens with zero attached hydrogens (tertiary/aromatic N) is 4. The SMILES string of the molecule is CN1C(=C=O)COc2cc(-c3cncc4c3CCCC4NC(=O)c3cnn(C)c3)ccc21. The number of likely N-dealkylation sites (N-methyl/N-ethyl adjacent to an activating group) is 1. The maximum Gasteiger partial charge on any atom is 0.254 e. The standard InChI is InChI=1S/C24H23N5O3/c1-28-12-16(9-26-28)24(31)27-21-5-3-4-18-19(10-25-11-20(18)21)15-6-7-22-23(8-15)32-14-17(13-30)29(22)2/h6-12,21H,3-5,14H2,1-2H3,(H,27,31). The summed E-state index contributed by atoms with van der Waals surface area (Å²) in [6.07, 6.45) is 9.77. The quantitative estimate of drug-likeness (QED) is 0.644. The zero-order valence-electron chi connectivity index (χ0n) is 18.0. The fraction of sp³-hybridized carbons (Fsp3) is 0.292. The van der Waals surface area contributed by atoms with E-state index in [1.807, 2.05) is 43.6 Å². The van der Waals surface area contributed by atoms with Crippen LogP contribution in [0, 0.1) is 0 Å². The van der Waals surface area contributed by atoms with Crippen molar-refractivity contribution in [2.24, 2.45) is 7.05 Å². The fourth-order valence-electron chi connectivity index (χ4n) is 4.46. The van der Waals surface area contributed by atoms with Gasteiger partial charge in [-0.25, -0.2) is 4.79 Å². The molecule has 5 rings (SSSR count). The van der Waals surface area contributed by atoms with E-state index < -0.39 is 0 Å². The average molecular weight is 429 g/mol. The van der Waals surface area contributed by atoms with Crippen molar-refractivity contribution >= 4 is 17.5 Å². The highest BCUT2D eigenvalue weighted by molar-refractivity contribution is 5.94.